The molecule has 0 aliphatic carbocycles. The summed E-state index contributed by atoms with van der Waals surface area (Å²) in [5.41, 5.74) is 5.79. The number of benzene rings is 1. The van der Waals surface area contributed by atoms with E-state index in [9.17, 15) is 9.59 Å². The predicted molar refractivity (Wildman–Crippen MR) is 80.1 cm³/mol. The van der Waals surface area contributed by atoms with Gasteiger partial charge < -0.3 is 10.6 Å². The molecule has 1 saturated heterocycles. The van der Waals surface area contributed by atoms with Gasteiger partial charge >= 0.3 is 0 Å². The molecule has 0 saturated carbocycles. The number of aromatic amines is 1. The fourth-order valence-electron chi connectivity index (χ4n) is 2.93. The van der Waals surface area contributed by atoms with Crippen LogP contribution in [0, 0.1) is 0 Å². The highest BCUT2D eigenvalue weighted by atomic mass is 16.2. The molecule has 1 aromatic heterocycles. The summed E-state index contributed by atoms with van der Waals surface area (Å²) in [6, 6.07) is 7.08. The van der Waals surface area contributed by atoms with Crippen molar-refractivity contribution in [2.24, 2.45) is 5.73 Å². The van der Waals surface area contributed by atoms with Gasteiger partial charge in [0.05, 0.1) is 5.39 Å². The summed E-state index contributed by atoms with van der Waals surface area (Å²) in [7, 11) is 0. The number of piperidine rings is 1. The van der Waals surface area contributed by atoms with Crippen molar-refractivity contribution in [3.05, 3.63) is 40.3 Å². The number of nitrogens with zero attached hydrogens (tertiary/aromatic N) is 2. The average Bonchev–Trinajstić information content (AvgIpc) is 2.55. The van der Waals surface area contributed by atoms with Crippen molar-refractivity contribution in [1.29, 1.82) is 0 Å². The Kier molecular flexibility index (Phi) is 3.70. The van der Waals surface area contributed by atoms with Gasteiger partial charge in [-0.1, -0.05) is 18.2 Å². The highest BCUT2D eigenvalue weighted by Gasteiger charge is 2.28. The van der Waals surface area contributed by atoms with Gasteiger partial charge in [-0.2, -0.15) is 5.10 Å². The zero-order chi connectivity index (χ0) is 14.8. The fraction of sp³-hybridized carbons (Fsp3) is 0.400. The molecule has 2 aromatic rings. The number of nitrogens with one attached hydrogen (secondary N) is 1. The van der Waals surface area contributed by atoms with E-state index < -0.39 is 0 Å². The van der Waals surface area contributed by atoms with Gasteiger partial charge in [0.2, 0.25) is 0 Å². The molecule has 3 N–H and O–H groups in total. The Morgan fingerprint density at radius 1 is 1.33 bits per heavy atom. The topological polar surface area (TPSA) is 92.1 Å². The third-order valence-corrected chi connectivity index (χ3v) is 4.06. The van der Waals surface area contributed by atoms with Crippen LogP contribution in [-0.2, 0) is 0 Å². The lowest BCUT2D eigenvalue weighted by atomic mass is 10.0. The number of likely N-dealkylation sites (tertiary alicyclic amines) is 1. The second-order valence-electron chi connectivity index (χ2n) is 5.33. The van der Waals surface area contributed by atoms with Gasteiger partial charge in [-0.3, -0.25) is 9.59 Å². The first-order valence-corrected chi connectivity index (χ1v) is 7.21. The molecule has 1 atom stereocenters. The first kappa shape index (κ1) is 13.8. The molecule has 0 bridgehead atoms. The van der Waals surface area contributed by atoms with E-state index in [-0.39, 0.29) is 17.5 Å². The molecule has 0 spiro atoms. The lowest BCUT2D eigenvalue weighted by Crippen LogP contribution is -2.47. The second-order valence-corrected chi connectivity index (χ2v) is 5.33. The molecule has 6 nitrogen and oxygen atoms in total. The third-order valence-electron chi connectivity index (χ3n) is 4.06. The minimum absolute atomic E-state index is 0.0544. The first-order valence-electron chi connectivity index (χ1n) is 7.21. The van der Waals surface area contributed by atoms with E-state index in [1.54, 1.807) is 29.2 Å². The quantitative estimate of drug-likeness (QED) is 0.857. The van der Waals surface area contributed by atoms with Crippen LogP contribution in [0.3, 0.4) is 0 Å². The van der Waals surface area contributed by atoms with E-state index in [1.807, 2.05) is 0 Å². The largest absolute Gasteiger partial charge is 0.333 e. The van der Waals surface area contributed by atoms with Crippen molar-refractivity contribution in [3.8, 4) is 0 Å². The van der Waals surface area contributed by atoms with Gasteiger partial charge in [-0.15, -0.1) is 0 Å². The molecule has 0 radical (unpaired) electrons. The Balaban J connectivity index is 2.05. The number of aromatic nitrogens is 2. The zero-order valence-electron chi connectivity index (χ0n) is 11.7. The van der Waals surface area contributed by atoms with Crippen molar-refractivity contribution in [1.82, 2.24) is 15.1 Å². The van der Waals surface area contributed by atoms with Gasteiger partial charge in [0.1, 0.15) is 0 Å². The molecule has 0 unspecified atom stereocenters. The molecule has 1 aliphatic rings. The molecule has 1 amide bonds. The summed E-state index contributed by atoms with van der Waals surface area (Å²) in [6.07, 6.45) is 2.98. The van der Waals surface area contributed by atoms with Crippen LogP contribution >= 0.6 is 0 Å². The maximum atomic E-state index is 12.8. The zero-order valence-corrected chi connectivity index (χ0v) is 11.7. The Morgan fingerprint density at radius 2 is 2.10 bits per heavy atom. The molecular weight excluding hydrogens is 268 g/mol. The van der Waals surface area contributed by atoms with Crippen LogP contribution in [0.1, 0.15) is 29.8 Å². The highest BCUT2D eigenvalue weighted by molar-refractivity contribution is 6.04. The standard InChI is InChI=1S/C15H18N4O2/c16-9-10-5-3-4-8-19(10)15(21)13-11-6-1-2-7-12(11)14(20)18-17-13/h1-2,6-7,10H,3-5,8-9,16H2,(H,18,20)/t10-/m1/s1. The van der Waals surface area contributed by atoms with E-state index in [4.69, 9.17) is 5.73 Å². The molecule has 2 heterocycles. The van der Waals surface area contributed by atoms with E-state index in [1.165, 1.54) is 0 Å². The van der Waals surface area contributed by atoms with E-state index >= 15 is 0 Å². The maximum Gasteiger partial charge on any atom is 0.275 e. The number of carbonyl (C=O) groups is 1. The maximum absolute atomic E-state index is 12.8. The van der Waals surface area contributed by atoms with Crippen LogP contribution in [-0.4, -0.2) is 40.1 Å². The monoisotopic (exact) mass is 286 g/mol. The number of nitrogens with two attached hydrogens (primary N) is 1. The van der Waals surface area contributed by atoms with Crippen LogP contribution in [0.15, 0.2) is 29.1 Å². The highest BCUT2D eigenvalue weighted by Crippen LogP contribution is 2.21. The predicted octanol–water partition coefficient (Wildman–Crippen LogP) is 0.876. The summed E-state index contributed by atoms with van der Waals surface area (Å²) < 4.78 is 0. The van der Waals surface area contributed by atoms with Gasteiger partial charge in [0.15, 0.2) is 5.69 Å². The van der Waals surface area contributed by atoms with Crippen LogP contribution in [0.2, 0.25) is 0 Å². The van der Waals surface area contributed by atoms with Gasteiger partial charge in [-0.05, 0) is 25.3 Å². The lowest BCUT2D eigenvalue weighted by Gasteiger charge is -2.34. The fourth-order valence-corrected chi connectivity index (χ4v) is 2.93. The van der Waals surface area contributed by atoms with Crippen molar-refractivity contribution in [2.45, 2.75) is 25.3 Å². The van der Waals surface area contributed by atoms with Crippen molar-refractivity contribution in [3.63, 3.8) is 0 Å². The Bertz CT molecular complexity index is 725. The summed E-state index contributed by atoms with van der Waals surface area (Å²) in [5.74, 6) is -0.155. The third kappa shape index (κ3) is 2.42. The van der Waals surface area contributed by atoms with E-state index in [0.717, 1.165) is 19.3 Å². The molecule has 3 rings (SSSR count). The molecule has 1 aromatic carbocycles. The van der Waals surface area contributed by atoms with Crippen molar-refractivity contribution < 1.29 is 4.79 Å². The smallest absolute Gasteiger partial charge is 0.275 e. The molecule has 21 heavy (non-hydrogen) atoms. The minimum atomic E-state index is -0.281. The summed E-state index contributed by atoms with van der Waals surface area (Å²) >= 11 is 0. The Labute approximate surface area is 121 Å². The Morgan fingerprint density at radius 3 is 2.86 bits per heavy atom. The van der Waals surface area contributed by atoms with Crippen LogP contribution in [0.4, 0.5) is 0 Å². The number of carbonyl (C=O) groups excluding carboxylic acids is 1. The van der Waals surface area contributed by atoms with Gasteiger partial charge in [0, 0.05) is 24.5 Å². The number of hydrogen-bond donors (Lipinski definition) is 2. The van der Waals surface area contributed by atoms with Crippen molar-refractivity contribution in [2.75, 3.05) is 13.1 Å². The van der Waals surface area contributed by atoms with Crippen molar-refractivity contribution >= 4 is 16.7 Å². The SMILES string of the molecule is NC[C@H]1CCCCN1C(=O)c1n[nH]c(=O)c2ccccc12. The normalized spacial score (nSPS) is 18.9. The minimum Gasteiger partial charge on any atom is -0.333 e. The molecular formula is C15H18N4O2. The number of amides is 1. The summed E-state index contributed by atoms with van der Waals surface area (Å²) in [4.78, 5) is 26.4. The van der Waals surface area contributed by atoms with Crippen LogP contribution in [0.25, 0.3) is 10.8 Å². The number of fused-ring (bicyclic) bond motifs is 1. The van der Waals surface area contributed by atoms with Crippen LogP contribution < -0.4 is 11.3 Å². The molecule has 1 fully saturated rings. The van der Waals surface area contributed by atoms with Gasteiger partial charge in [-0.25, -0.2) is 5.10 Å². The second kappa shape index (κ2) is 5.65. The lowest BCUT2D eigenvalue weighted by molar-refractivity contribution is 0.0618. The summed E-state index contributed by atoms with van der Waals surface area (Å²) in [6.45, 7) is 1.14. The summed E-state index contributed by atoms with van der Waals surface area (Å²) in [5, 5.41) is 7.47. The van der Waals surface area contributed by atoms with Gasteiger partial charge in [0.25, 0.3) is 11.5 Å². The Hall–Kier alpha value is -2.21. The first-order chi connectivity index (χ1) is 10.2. The van der Waals surface area contributed by atoms with E-state index in [0.29, 0.717) is 29.6 Å². The van der Waals surface area contributed by atoms with E-state index in [2.05, 4.69) is 10.2 Å². The number of H-pyrrole nitrogens is 1. The molecule has 1 aliphatic heterocycles. The van der Waals surface area contributed by atoms with Crippen LogP contribution in [0.5, 0.6) is 0 Å². The molecule has 6 heteroatoms. The number of hydrogen-bond acceptors (Lipinski definition) is 4. The number of rotatable bonds is 2. The average molecular weight is 286 g/mol. The molecule has 110 valence electrons.